The maximum Gasteiger partial charge on any atom is 0.327 e. The number of hydrogen-bond acceptors (Lipinski definition) is 6. The smallest absolute Gasteiger partial charge is 0.327 e. The lowest BCUT2D eigenvalue weighted by molar-refractivity contribution is -0.148. The number of carbonyl (C=O) groups is 4. The molecular formula is C26H29N3O7. The molecule has 3 N–H and O–H groups in total. The van der Waals surface area contributed by atoms with Gasteiger partial charge in [-0.15, -0.1) is 0 Å². The summed E-state index contributed by atoms with van der Waals surface area (Å²) >= 11 is 0. The Morgan fingerprint density at radius 3 is 2.19 bits per heavy atom. The Balaban J connectivity index is 1.49. The molecule has 1 aliphatic carbocycles. The van der Waals surface area contributed by atoms with E-state index in [4.69, 9.17) is 9.47 Å². The lowest BCUT2D eigenvalue weighted by Gasteiger charge is -2.31. The zero-order chi connectivity index (χ0) is 25.9. The minimum atomic E-state index is -1.34. The van der Waals surface area contributed by atoms with E-state index in [2.05, 4.69) is 10.6 Å². The van der Waals surface area contributed by atoms with Crippen molar-refractivity contribution in [2.24, 2.45) is 0 Å². The van der Waals surface area contributed by atoms with Gasteiger partial charge in [0.25, 0.3) is 11.8 Å². The second-order valence-corrected chi connectivity index (χ2v) is 8.99. The monoisotopic (exact) mass is 495 g/mol. The van der Waals surface area contributed by atoms with Gasteiger partial charge in [-0.05, 0) is 42.7 Å². The fourth-order valence-electron chi connectivity index (χ4n) is 4.92. The first-order chi connectivity index (χ1) is 17.3. The summed E-state index contributed by atoms with van der Waals surface area (Å²) in [5, 5.41) is 15.4. The molecule has 0 aromatic heterocycles. The van der Waals surface area contributed by atoms with Crippen LogP contribution in [0.5, 0.6) is 11.5 Å². The molecule has 1 saturated heterocycles. The number of benzene rings is 2. The standard InChI is InChI=1S/C26H29N3O7/c1-35-19-7-6-8-20(36-2)21(19)22(30)27-17-11-9-16(10-12-17)15-18(23(31)32)29-24(33)26(28-25(29)34)13-4-3-5-14-26/h6-12,18H,3-5,13-15H2,1-2H3,(H,27,30)(H,28,34)(H,31,32). The van der Waals surface area contributed by atoms with Gasteiger partial charge >= 0.3 is 12.0 Å². The summed E-state index contributed by atoms with van der Waals surface area (Å²) in [7, 11) is 2.92. The van der Waals surface area contributed by atoms with Gasteiger partial charge in [0.1, 0.15) is 28.6 Å². The predicted molar refractivity (Wildman–Crippen MR) is 130 cm³/mol. The number of rotatable bonds is 8. The average molecular weight is 496 g/mol. The molecule has 2 aliphatic rings. The Kier molecular flexibility index (Phi) is 7.14. The minimum Gasteiger partial charge on any atom is -0.496 e. The quantitative estimate of drug-likeness (QED) is 0.479. The molecule has 2 aromatic rings. The van der Waals surface area contributed by atoms with Crippen molar-refractivity contribution in [1.82, 2.24) is 10.2 Å². The highest BCUT2D eigenvalue weighted by atomic mass is 16.5. The van der Waals surface area contributed by atoms with Crippen LogP contribution in [0.25, 0.3) is 0 Å². The molecule has 0 bridgehead atoms. The van der Waals surface area contributed by atoms with Crippen LogP contribution in [0.4, 0.5) is 10.5 Å². The van der Waals surface area contributed by atoms with Crippen LogP contribution in [0.2, 0.25) is 0 Å². The summed E-state index contributed by atoms with van der Waals surface area (Å²) in [6.45, 7) is 0. The van der Waals surface area contributed by atoms with E-state index in [9.17, 15) is 24.3 Å². The summed E-state index contributed by atoms with van der Waals surface area (Å²) < 4.78 is 10.6. The molecule has 10 nitrogen and oxygen atoms in total. The van der Waals surface area contributed by atoms with Crippen LogP contribution in [0.1, 0.15) is 48.0 Å². The largest absolute Gasteiger partial charge is 0.496 e. The minimum absolute atomic E-state index is 0.0564. The van der Waals surface area contributed by atoms with E-state index in [1.807, 2.05) is 0 Å². The van der Waals surface area contributed by atoms with Gasteiger partial charge in [-0.25, -0.2) is 14.5 Å². The van der Waals surface area contributed by atoms with Crippen molar-refractivity contribution in [3.8, 4) is 11.5 Å². The third kappa shape index (κ3) is 4.71. The number of imide groups is 1. The van der Waals surface area contributed by atoms with Crippen molar-refractivity contribution in [1.29, 1.82) is 0 Å². The van der Waals surface area contributed by atoms with Gasteiger partial charge in [-0.2, -0.15) is 0 Å². The van der Waals surface area contributed by atoms with Gasteiger partial charge < -0.3 is 25.2 Å². The van der Waals surface area contributed by atoms with E-state index in [1.54, 1.807) is 42.5 Å². The molecule has 4 rings (SSSR count). The van der Waals surface area contributed by atoms with Gasteiger partial charge in [0.2, 0.25) is 0 Å². The number of ether oxygens (including phenoxy) is 2. The highest BCUT2D eigenvalue weighted by molar-refractivity contribution is 6.09. The highest BCUT2D eigenvalue weighted by Gasteiger charge is 2.54. The Labute approximate surface area is 208 Å². The number of aliphatic carboxylic acids is 1. The topological polar surface area (TPSA) is 134 Å². The normalized spacial score (nSPS) is 17.4. The average Bonchev–Trinajstić information content (AvgIpc) is 3.11. The number of carboxylic acid groups (broad SMARTS) is 1. The van der Waals surface area contributed by atoms with Crippen LogP contribution >= 0.6 is 0 Å². The zero-order valence-corrected chi connectivity index (χ0v) is 20.2. The number of methoxy groups -OCH3 is 2. The molecule has 1 atom stereocenters. The van der Waals surface area contributed by atoms with E-state index < -0.39 is 35.4 Å². The maximum absolute atomic E-state index is 13.2. The van der Waals surface area contributed by atoms with Crippen molar-refractivity contribution in [2.75, 3.05) is 19.5 Å². The molecule has 1 unspecified atom stereocenters. The highest BCUT2D eigenvalue weighted by Crippen LogP contribution is 2.35. The first kappa shape index (κ1) is 25.0. The Morgan fingerprint density at radius 1 is 1.03 bits per heavy atom. The van der Waals surface area contributed by atoms with E-state index in [1.165, 1.54) is 14.2 Å². The number of amides is 4. The Bertz CT molecular complexity index is 1150. The summed E-state index contributed by atoms with van der Waals surface area (Å²) in [6.07, 6.45) is 3.59. The summed E-state index contributed by atoms with van der Waals surface area (Å²) in [5.41, 5.74) is 0.324. The first-order valence-corrected chi connectivity index (χ1v) is 11.8. The van der Waals surface area contributed by atoms with Gasteiger partial charge in [0.15, 0.2) is 0 Å². The molecule has 36 heavy (non-hydrogen) atoms. The fraction of sp³-hybridized carbons (Fsp3) is 0.385. The van der Waals surface area contributed by atoms with Crippen LogP contribution in [0.15, 0.2) is 42.5 Å². The molecule has 0 radical (unpaired) electrons. The number of urea groups is 1. The number of nitrogens with zero attached hydrogens (tertiary/aromatic N) is 1. The zero-order valence-electron chi connectivity index (χ0n) is 20.2. The molecular weight excluding hydrogens is 466 g/mol. The number of carbonyl (C=O) groups excluding carboxylic acids is 3. The van der Waals surface area contributed by atoms with E-state index >= 15 is 0 Å². The van der Waals surface area contributed by atoms with Crippen LogP contribution in [-0.4, -0.2) is 59.6 Å². The van der Waals surface area contributed by atoms with Crippen molar-refractivity contribution in [3.05, 3.63) is 53.6 Å². The van der Waals surface area contributed by atoms with Crippen molar-refractivity contribution in [2.45, 2.75) is 50.1 Å². The van der Waals surface area contributed by atoms with Crippen LogP contribution in [-0.2, 0) is 16.0 Å². The van der Waals surface area contributed by atoms with Crippen molar-refractivity contribution >= 4 is 29.5 Å². The summed E-state index contributed by atoms with van der Waals surface area (Å²) in [6, 6.07) is 9.58. The summed E-state index contributed by atoms with van der Waals surface area (Å²) in [5.74, 6) is -1.44. The predicted octanol–water partition coefficient (Wildman–Crippen LogP) is 3.21. The number of anilines is 1. The van der Waals surface area contributed by atoms with Gasteiger partial charge in [-0.3, -0.25) is 9.59 Å². The molecule has 1 spiro atoms. The molecule has 1 heterocycles. The van der Waals surface area contributed by atoms with Crippen LogP contribution < -0.4 is 20.1 Å². The molecule has 1 saturated carbocycles. The third-order valence-corrected chi connectivity index (χ3v) is 6.79. The van der Waals surface area contributed by atoms with Gasteiger partial charge in [0, 0.05) is 12.1 Å². The second kappa shape index (κ2) is 10.3. The van der Waals surface area contributed by atoms with Gasteiger partial charge in [-0.1, -0.05) is 37.5 Å². The van der Waals surface area contributed by atoms with Crippen LogP contribution in [0.3, 0.4) is 0 Å². The van der Waals surface area contributed by atoms with Crippen molar-refractivity contribution < 1.29 is 33.8 Å². The molecule has 2 fully saturated rings. The van der Waals surface area contributed by atoms with E-state index in [0.717, 1.165) is 24.2 Å². The Morgan fingerprint density at radius 2 is 1.64 bits per heavy atom. The fourth-order valence-corrected chi connectivity index (χ4v) is 4.92. The molecule has 10 heteroatoms. The van der Waals surface area contributed by atoms with Crippen LogP contribution in [0, 0.1) is 0 Å². The summed E-state index contributed by atoms with van der Waals surface area (Å²) in [4.78, 5) is 51.7. The second-order valence-electron chi connectivity index (χ2n) is 8.99. The van der Waals surface area contributed by atoms with E-state index in [0.29, 0.717) is 35.6 Å². The van der Waals surface area contributed by atoms with E-state index in [-0.39, 0.29) is 12.0 Å². The first-order valence-electron chi connectivity index (χ1n) is 11.8. The van der Waals surface area contributed by atoms with Crippen molar-refractivity contribution in [3.63, 3.8) is 0 Å². The van der Waals surface area contributed by atoms with Gasteiger partial charge in [0.05, 0.1) is 14.2 Å². The molecule has 190 valence electrons. The molecule has 2 aromatic carbocycles. The molecule has 4 amide bonds. The number of nitrogens with one attached hydrogen (secondary N) is 2. The third-order valence-electron chi connectivity index (χ3n) is 6.79. The lowest BCUT2D eigenvalue weighted by Crippen LogP contribution is -2.50. The Hall–Kier alpha value is -4.08. The molecule has 1 aliphatic heterocycles. The lowest BCUT2D eigenvalue weighted by atomic mass is 9.81. The SMILES string of the molecule is COc1cccc(OC)c1C(=O)Nc1ccc(CC(C(=O)O)N2C(=O)NC3(CCCCC3)C2=O)cc1. The number of carboxylic acids is 1. The number of hydrogen-bond donors (Lipinski definition) is 3. The maximum atomic E-state index is 13.2.